The van der Waals surface area contributed by atoms with Crippen LogP contribution in [0.15, 0.2) is 12.1 Å². The summed E-state index contributed by atoms with van der Waals surface area (Å²) in [5.41, 5.74) is 3.37. The Morgan fingerprint density at radius 3 is 2.56 bits per heavy atom. The van der Waals surface area contributed by atoms with Crippen LogP contribution in [0.5, 0.6) is 5.75 Å². The summed E-state index contributed by atoms with van der Waals surface area (Å²) >= 11 is 0. The van der Waals surface area contributed by atoms with E-state index in [1.165, 1.54) is 10.5 Å². The number of aryl methyl sites for hydroxylation is 2. The van der Waals surface area contributed by atoms with Crippen LogP contribution in [0.25, 0.3) is 0 Å². The van der Waals surface area contributed by atoms with Crippen LogP contribution in [0.2, 0.25) is 0 Å². The summed E-state index contributed by atoms with van der Waals surface area (Å²) in [4.78, 5) is 22.9. The van der Waals surface area contributed by atoms with E-state index < -0.39 is 5.91 Å². The maximum absolute atomic E-state index is 11.1. The molecule has 18 heavy (non-hydrogen) atoms. The van der Waals surface area contributed by atoms with Gasteiger partial charge in [-0.25, -0.2) is 0 Å². The molecule has 0 aliphatic rings. The van der Waals surface area contributed by atoms with Gasteiger partial charge in [-0.2, -0.15) is 0 Å². The van der Waals surface area contributed by atoms with Crippen LogP contribution in [0, 0.1) is 13.8 Å². The zero-order valence-electron chi connectivity index (χ0n) is 11.3. The van der Waals surface area contributed by atoms with E-state index in [9.17, 15) is 9.59 Å². The molecule has 0 unspecified atom stereocenters. The molecule has 0 spiro atoms. The molecule has 0 aromatic heterocycles. The van der Waals surface area contributed by atoms with Crippen LogP contribution >= 0.6 is 0 Å². The highest BCUT2D eigenvalue weighted by molar-refractivity contribution is 6.23. The predicted molar refractivity (Wildman–Crippen MR) is 69.9 cm³/mol. The number of nitrogens with zero attached hydrogens (tertiary/aromatic N) is 1. The van der Waals surface area contributed by atoms with E-state index in [-0.39, 0.29) is 0 Å². The Hall–Kier alpha value is -1.84. The van der Waals surface area contributed by atoms with Gasteiger partial charge in [-0.3, -0.25) is 9.59 Å². The van der Waals surface area contributed by atoms with E-state index in [1.807, 2.05) is 19.9 Å². The number of likely N-dealkylation sites (N-methyl/N-ethyl adjacent to an activating group) is 1. The smallest absolute Gasteiger partial charge is 0.286 e. The first kappa shape index (κ1) is 14.2. The Balaban J connectivity index is 2.77. The maximum Gasteiger partial charge on any atom is 0.286 e. The number of rotatable bonds is 5. The molecule has 4 nitrogen and oxygen atoms in total. The van der Waals surface area contributed by atoms with Crippen LogP contribution in [-0.4, -0.2) is 37.8 Å². The van der Waals surface area contributed by atoms with Crippen molar-refractivity contribution < 1.29 is 14.3 Å². The number of benzene rings is 1. The molecule has 1 aromatic carbocycles. The standard InChI is InChI=1S/C14H19NO3/c1-10-8-13(18-4)11(2)7-12(10)5-6-15(3)14(17)9-16/h7-9H,5-6H2,1-4H3. The molecular formula is C14H19NO3. The summed E-state index contributed by atoms with van der Waals surface area (Å²) in [7, 11) is 3.28. The fourth-order valence-corrected chi connectivity index (χ4v) is 1.83. The van der Waals surface area contributed by atoms with Gasteiger partial charge in [0, 0.05) is 13.6 Å². The van der Waals surface area contributed by atoms with Gasteiger partial charge >= 0.3 is 0 Å². The van der Waals surface area contributed by atoms with E-state index in [2.05, 4.69) is 6.07 Å². The van der Waals surface area contributed by atoms with Gasteiger partial charge in [-0.15, -0.1) is 0 Å². The molecular weight excluding hydrogens is 230 g/mol. The van der Waals surface area contributed by atoms with Crippen LogP contribution < -0.4 is 4.74 Å². The normalized spacial score (nSPS) is 10.0. The molecule has 0 N–H and O–H groups in total. The van der Waals surface area contributed by atoms with E-state index in [1.54, 1.807) is 14.2 Å². The first-order valence-corrected chi connectivity index (χ1v) is 5.84. The molecule has 0 saturated heterocycles. The van der Waals surface area contributed by atoms with Crippen LogP contribution in [0.4, 0.5) is 0 Å². The minimum absolute atomic E-state index is 0.339. The summed E-state index contributed by atoms with van der Waals surface area (Å²) in [5.74, 6) is 0.381. The molecule has 1 aromatic rings. The lowest BCUT2D eigenvalue weighted by atomic mass is 10.0. The van der Waals surface area contributed by atoms with E-state index in [0.29, 0.717) is 12.8 Å². The zero-order chi connectivity index (χ0) is 13.7. The molecule has 0 aliphatic heterocycles. The maximum atomic E-state index is 11.1. The first-order valence-electron chi connectivity index (χ1n) is 5.84. The van der Waals surface area contributed by atoms with Gasteiger partial charge in [-0.1, -0.05) is 6.07 Å². The van der Waals surface area contributed by atoms with Gasteiger partial charge in [0.25, 0.3) is 5.91 Å². The van der Waals surface area contributed by atoms with Crippen molar-refractivity contribution >= 4 is 12.2 Å². The monoisotopic (exact) mass is 249 g/mol. The number of carbonyl (C=O) groups excluding carboxylic acids is 2. The van der Waals surface area contributed by atoms with Crippen molar-refractivity contribution in [3.05, 3.63) is 28.8 Å². The summed E-state index contributed by atoms with van der Waals surface area (Å²) in [6, 6.07) is 4.06. The molecule has 1 rings (SSSR count). The number of amides is 1. The summed E-state index contributed by atoms with van der Waals surface area (Å²) < 4.78 is 5.25. The highest BCUT2D eigenvalue weighted by atomic mass is 16.5. The molecule has 98 valence electrons. The molecule has 4 heteroatoms. The Bertz CT molecular complexity index is 455. The second-order valence-electron chi connectivity index (χ2n) is 4.38. The number of hydrogen-bond acceptors (Lipinski definition) is 3. The summed E-state index contributed by atoms with van der Waals surface area (Å²) in [6.45, 7) is 4.53. The third kappa shape index (κ3) is 3.32. The van der Waals surface area contributed by atoms with Crippen molar-refractivity contribution in [2.75, 3.05) is 20.7 Å². The number of methoxy groups -OCH3 is 1. The van der Waals surface area contributed by atoms with Crippen LogP contribution in [-0.2, 0) is 16.0 Å². The highest BCUT2D eigenvalue weighted by Crippen LogP contribution is 2.22. The predicted octanol–water partition coefficient (Wildman–Crippen LogP) is 1.51. The Labute approximate surface area is 108 Å². The highest BCUT2D eigenvalue weighted by Gasteiger charge is 2.09. The Morgan fingerprint density at radius 2 is 2.00 bits per heavy atom. The van der Waals surface area contributed by atoms with Gasteiger partial charge in [0.2, 0.25) is 6.29 Å². The van der Waals surface area contributed by atoms with Crippen molar-refractivity contribution in [2.24, 2.45) is 0 Å². The van der Waals surface area contributed by atoms with Gasteiger partial charge in [-0.05, 0) is 43.0 Å². The van der Waals surface area contributed by atoms with Crippen LogP contribution in [0.3, 0.4) is 0 Å². The van der Waals surface area contributed by atoms with Crippen molar-refractivity contribution in [1.29, 1.82) is 0 Å². The number of ether oxygens (including phenoxy) is 1. The second kappa shape index (κ2) is 6.19. The third-order valence-corrected chi connectivity index (χ3v) is 3.05. The minimum Gasteiger partial charge on any atom is -0.496 e. The quantitative estimate of drug-likeness (QED) is 0.587. The lowest BCUT2D eigenvalue weighted by Crippen LogP contribution is -2.29. The second-order valence-corrected chi connectivity index (χ2v) is 4.38. The zero-order valence-corrected chi connectivity index (χ0v) is 11.3. The Morgan fingerprint density at radius 1 is 1.33 bits per heavy atom. The van der Waals surface area contributed by atoms with Gasteiger partial charge in [0.05, 0.1) is 7.11 Å². The van der Waals surface area contributed by atoms with Gasteiger partial charge < -0.3 is 9.64 Å². The minimum atomic E-state index is -0.488. The van der Waals surface area contributed by atoms with E-state index in [0.717, 1.165) is 23.3 Å². The van der Waals surface area contributed by atoms with Crippen molar-refractivity contribution in [2.45, 2.75) is 20.3 Å². The molecule has 0 atom stereocenters. The number of aldehydes is 1. The van der Waals surface area contributed by atoms with Crippen LogP contribution in [0.1, 0.15) is 16.7 Å². The topological polar surface area (TPSA) is 46.6 Å². The number of carbonyl (C=O) groups is 2. The fraction of sp³-hybridized carbons (Fsp3) is 0.429. The lowest BCUT2D eigenvalue weighted by Gasteiger charge is -2.16. The van der Waals surface area contributed by atoms with E-state index in [4.69, 9.17) is 4.74 Å². The molecule has 0 aliphatic carbocycles. The SMILES string of the molecule is COc1cc(C)c(CCN(C)C(=O)C=O)cc1C. The van der Waals surface area contributed by atoms with Crippen molar-refractivity contribution in [3.63, 3.8) is 0 Å². The number of hydrogen-bond donors (Lipinski definition) is 0. The third-order valence-electron chi connectivity index (χ3n) is 3.05. The average molecular weight is 249 g/mol. The van der Waals surface area contributed by atoms with Crippen molar-refractivity contribution in [1.82, 2.24) is 4.90 Å². The van der Waals surface area contributed by atoms with E-state index >= 15 is 0 Å². The molecule has 1 amide bonds. The van der Waals surface area contributed by atoms with Crippen molar-refractivity contribution in [3.8, 4) is 5.75 Å². The molecule has 0 radical (unpaired) electrons. The first-order chi connectivity index (χ1) is 8.49. The lowest BCUT2D eigenvalue weighted by molar-refractivity contribution is -0.137. The molecule has 0 heterocycles. The summed E-state index contributed by atoms with van der Waals surface area (Å²) in [6.07, 6.45) is 1.07. The van der Waals surface area contributed by atoms with Gasteiger partial charge in [0.1, 0.15) is 5.75 Å². The van der Waals surface area contributed by atoms with Gasteiger partial charge in [0.15, 0.2) is 0 Å². The molecule has 0 bridgehead atoms. The summed E-state index contributed by atoms with van der Waals surface area (Å²) in [5, 5.41) is 0. The largest absolute Gasteiger partial charge is 0.496 e. The Kier molecular flexibility index (Phi) is 4.89. The molecule has 0 fully saturated rings. The average Bonchev–Trinajstić information content (AvgIpc) is 2.37. The fourth-order valence-electron chi connectivity index (χ4n) is 1.83. The molecule has 0 saturated carbocycles.